The molecule has 16 heavy (non-hydrogen) atoms. The molecule has 0 aliphatic heterocycles. The number of carbonyl (C=O) groups is 1. The highest BCUT2D eigenvalue weighted by Crippen LogP contribution is 2.10. The molecular weight excluding hydrogens is 208 g/mol. The Morgan fingerprint density at radius 1 is 1.50 bits per heavy atom. The number of H-pyrrole nitrogens is 1. The summed E-state index contributed by atoms with van der Waals surface area (Å²) in [5.74, 6) is -0.470. The molecular formula is C11H10N2O3. The number of benzene rings is 1. The van der Waals surface area contributed by atoms with Crippen LogP contribution in [0, 0.1) is 0 Å². The van der Waals surface area contributed by atoms with E-state index in [0.29, 0.717) is 23.1 Å². The van der Waals surface area contributed by atoms with Crippen molar-refractivity contribution in [3.63, 3.8) is 0 Å². The van der Waals surface area contributed by atoms with Crippen molar-refractivity contribution < 1.29 is 9.90 Å². The van der Waals surface area contributed by atoms with Gasteiger partial charge in [0.1, 0.15) is 5.82 Å². The van der Waals surface area contributed by atoms with E-state index in [4.69, 9.17) is 5.11 Å². The molecule has 2 rings (SSSR count). The second-order valence-corrected chi connectivity index (χ2v) is 3.40. The molecule has 0 aliphatic rings. The number of hydrogen-bond acceptors (Lipinski definition) is 3. The number of carboxylic acids is 1. The van der Waals surface area contributed by atoms with Crippen molar-refractivity contribution in [3.8, 4) is 0 Å². The number of aromatic carboxylic acids is 1. The lowest BCUT2D eigenvalue weighted by Crippen LogP contribution is -2.11. The monoisotopic (exact) mass is 218 g/mol. The highest BCUT2D eigenvalue weighted by atomic mass is 16.4. The van der Waals surface area contributed by atoms with Gasteiger partial charge in [-0.05, 0) is 18.2 Å². The van der Waals surface area contributed by atoms with Crippen LogP contribution in [0.3, 0.4) is 0 Å². The van der Waals surface area contributed by atoms with Crippen LogP contribution in [0.4, 0.5) is 0 Å². The van der Waals surface area contributed by atoms with Crippen molar-refractivity contribution in [2.45, 2.75) is 13.3 Å². The zero-order valence-corrected chi connectivity index (χ0v) is 8.65. The first-order chi connectivity index (χ1) is 7.61. The van der Waals surface area contributed by atoms with Crippen molar-refractivity contribution in [2.75, 3.05) is 0 Å². The summed E-state index contributed by atoms with van der Waals surface area (Å²) in [6, 6.07) is 4.28. The SMILES string of the molecule is CCc1nc2cc(C(=O)O)ccc2c(=O)[nH]1. The van der Waals surface area contributed by atoms with Crippen molar-refractivity contribution in [1.82, 2.24) is 9.97 Å². The zero-order chi connectivity index (χ0) is 11.7. The van der Waals surface area contributed by atoms with Crippen molar-refractivity contribution >= 4 is 16.9 Å². The second kappa shape index (κ2) is 3.77. The molecule has 0 radical (unpaired) electrons. The summed E-state index contributed by atoms with van der Waals surface area (Å²) in [6.07, 6.45) is 0.600. The summed E-state index contributed by atoms with van der Waals surface area (Å²) in [7, 11) is 0. The van der Waals surface area contributed by atoms with Crippen LogP contribution in [0.25, 0.3) is 10.9 Å². The van der Waals surface area contributed by atoms with Gasteiger partial charge in [-0.25, -0.2) is 9.78 Å². The summed E-state index contributed by atoms with van der Waals surface area (Å²) < 4.78 is 0. The molecule has 2 aromatic rings. The van der Waals surface area contributed by atoms with Gasteiger partial charge in [-0.15, -0.1) is 0 Å². The predicted molar refractivity (Wildman–Crippen MR) is 58.7 cm³/mol. The lowest BCUT2D eigenvalue weighted by atomic mass is 10.1. The minimum absolute atomic E-state index is 0.132. The fourth-order valence-electron chi connectivity index (χ4n) is 1.49. The van der Waals surface area contributed by atoms with E-state index in [-0.39, 0.29) is 11.1 Å². The maximum Gasteiger partial charge on any atom is 0.335 e. The van der Waals surface area contributed by atoms with E-state index >= 15 is 0 Å². The van der Waals surface area contributed by atoms with Gasteiger partial charge in [-0.1, -0.05) is 6.92 Å². The number of aryl methyl sites for hydroxylation is 1. The molecule has 82 valence electrons. The van der Waals surface area contributed by atoms with E-state index in [1.807, 2.05) is 6.92 Å². The van der Waals surface area contributed by atoms with Gasteiger partial charge in [0.15, 0.2) is 0 Å². The van der Waals surface area contributed by atoms with Crippen LogP contribution in [0.5, 0.6) is 0 Å². The Hall–Kier alpha value is -2.17. The fraction of sp³-hybridized carbons (Fsp3) is 0.182. The van der Waals surface area contributed by atoms with Crippen LogP contribution in [0.15, 0.2) is 23.0 Å². The highest BCUT2D eigenvalue weighted by Gasteiger charge is 2.07. The number of aromatic amines is 1. The van der Waals surface area contributed by atoms with Crippen LogP contribution >= 0.6 is 0 Å². The average Bonchev–Trinajstić information content (AvgIpc) is 2.28. The van der Waals surface area contributed by atoms with Crippen molar-refractivity contribution in [3.05, 3.63) is 39.9 Å². The lowest BCUT2D eigenvalue weighted by molar-refractivity contribution is 0.0697. The third kappa shape index (κ3) is 1.67. The molecule has 1 aromatic heterocycles. The van der Waals surface area contributed by atoms with Gasteiger partial charge in [0.25, 0.3) is 5.56 Å². The van der Waals surface area contributed by atoms with E-state index in [1.165, 1.54) is 18.2 Å². The third-order valence-electron chi connectivity index (χ3n) is 2.34. The van der Waals surface area contributed by atoms with Gasteiger partial charge in [0, 0.05) is 6.42 Å². The Morgan fingerprint density at radius 2 is 2.25 bits per heavy atom. The quantitative estimate of drug-likeness (QED) is 0.792. The molecule has 0 saturated heterocycles. The Morgan fingerprint density at radius 3 is 2.88 bits per heavy atom. The summed E-state index contributed by atoms with van der Waals surface area (Å²) in [5.41, 5.74) is 0.312. The molecule has 0 spiro atoms. The fourth-order valence-corrected chi connectivity index (χ4v) is 1.49. The van der Waals surface area contributed by atoms with Gasteiger partial charge in [0.2, 0.25) is 0 Å². The summed E-state index contributed by atoms with van der Waals surface area (Å²) in [5, 5.41) is 9.23. The normalized spacial score (nSPS) is 10.6. The number of nitrogens with one attached hydrogen (secondary N) is 1. The Labute approximate surface area is 90.8 Å². The number of carboxylic acid groups (broad SMARTS) is 1. The molecule has 1 aromatic carbocycles. The number of fused-ring (bicyclic) bond motifs is 1. The van der Waals surface area contributed by atoms with Gasteiger partial charge in [-0.3, -0.25) is 4.79 Å². The van der Waals surface area contributed by atoms with E-state index in [1.54, 1.807) is 0 Å². The second-order valence-electron chi connectivity index (χ2n) is 3.40. The molecule has 0 saturated carbocycles. The minimum Gasteiger partial charge on any atom is -0.478 e. The first-order valence-electron chi connectivity index (χ1n) is 4.88. The Balaban J connectivity index is 2.76. The maximum atomic E-state index is 11.6. The van der Waals surface area contributed by atoms with Crippen LogP contribution in [-0.2, 0) is 6.42 Å². The van der Waals surface area contributed by atoms with Crippen molar-refractivity contribution in [1.29, 1.82) is 0 Å². The van der Waals surface area contributed by atoms with Gasteiger partial charge in [-0.2, -0.15) is 0 Å². The Kier molecular flexibility index (Phi) is 2.44. The number of aromatic nitrogens is 2. The van der Waals surface area contributed by atoms with Crippen LogP contribution < -0.4 is 5.56 Å². The van der Waals surface area contributed by atoms with Crippen LogP contribution in [0.2, 0.25) is 0 Å². The molecule has 0 amide bonds. The predicted octanol–water partition coefficient (Wildman–Crippen LogP) is 1.18. The maximum absolute atomic E-state index is 11.6. The van der Waals surface area contributed by atoms with Crippen LogP contribution in [-0.4, -0.2) is 21.0 Å². The van der Waals surface area contributed by atoms with Crippen molar-refractivity contribution in [2.24, 2.45) is 0 Å². The first-order valence-corrected chi connectivity index (χ1v) is 4.88. The molecule has 1 heterocycles. The largest absolute Gasteiger partial charge is 0.478 e. The van der Waals surface area contributed by atoms with Crippen LogP contribution in [0.1, 0.15) is 23.1 Å². The van der Waals surface area contributed by atoms with Gasteiger partial charge < -0.3 is 10.1 Å². The minimum atomic E-state index is -1.03. The zero-order valence-electron chi connectivity index (χ0n) is 8.65. The standard InChI is InChI=1S/C11H10N2O3/c1-2-9-12-8-5-6(11(15)16)3-4-7(8)10(14)13-9/h3-5H,2H2,1H3,(H,15,16)(H,12,13,14). The van der Waals surface area contributed by atoms with Gasteiger partial charge in [0.05, 0.1) is 16.5 Å². The molecule has 0 unspecified atom stereocenters. The Bertz CT molecular complexity index is 616. The van der Waals surface area contributed by atoms with E-state index in [0.717, 1.165) is 0 Å². The molecule has 2 N–H and O–H groups in total. The first kappa shape index (κ1) is 10.4. The molecule has 5 nitrogen and oxygen atoms in total. The molecule has 5 heteroatoms. The topological polar surface area (TPSA) is 83.0 Å². The van der Waals surface area contributed by atoms with E-state index in [9.17, 15) is 9.59 Å². The average molecular weight is 218 g/mol. The summed E-state index contributed by atoms with van der Waals surface area (Å²) in [6.45, 7) is 1.87. The molecule has 0 fully saturated rings. The number of rotatable bonds is 2. The number of nitrogens with zero attached hydrogens (tertiary/aromatic N) is 1. The lowest BCUT2D eigenvalue weighted by Gasteiger charge is -2.01. The molecule has 0 bridgehead atoms. The van der Waals surface area contributed by atoms with E-state index < -0.39 is 5.97 Å². The van der Waals surface area contributed by atoms with Gasteiger partial charge >= 0.3 is 5.97 Å². The summed E-state index contributed by atoms with van der Waals surface area (Å²) >= 11 is 0. The van der Waals surface area contributed by atoms with E-state index in [2.05, 4.69) is 9.97 Å². The molecule has 0 atom stereocenters. The molecule has 0 aliphatic carbocycles. The number of hydrogen-bond donors (Lipinski definition) is 2. The smallest absolute Gasteiger partial charge is 0.335 e. The third-order valence-corrected chi connectivity index (χ3v) is 2.34. The highest BCUT2D eigenvalue weighted by molar-refractivity contribution is 5.92. The summed E-state index contributed by atoms with van der Waals surface area (Å²) in [4.78, 5) is 29.2.